The molecule has 2 N–H and O–H groups in total. The Balaban J connectivity index is 0. The average Bonchev–Trinajstić information content (AvgIpc) is 1.30. The van der Waals surface area contributed by atoms with E-state index in [1.807, 2.05) is 13.8 Å². The molecule has 0 rings (SSSR count). The van der Waals surface area contributed by atoms with Crippen molar-refractivity contribution >= 4 is 0 Å². The molecule has 48 valence electrons. The molecule has 0 heterocycles. The van der Waals surface area contributed by atoms with Gasteiger partial charge in [-0.3, -0.25) is 0 Å². The van der Waals surface area contributed by atoms with Crippen LogP contribution in [0.3, 0.4) is 0 Å². The second-order valence-electron chi connectivity index (χ2n) is 2.17. The fourth-order valence-electron chi connectivity index (χ4n) is 0.304. The molecule has 0 aromatic rings. The first-order valence-electron chi connectivity index (χ1n) is 2.22. The number of hydrogen-bond donors (Lipinski definition) is 1. The number of hydrogen-bond acceptors (Lipinski definition) is 2. The third-order valence-corrected chi connectivity index (χ3v) is 0.422. The third-order valence-electron chi connectivity index (χ3n) is 0.422. The number of nitrogens with two attached hydrogens (primary N) is 1. The van der Waals surface area contributed by atoms with Gasteiger partial charge < -0.3 is 10.5 Å². The number of rotatable bonds is 2. The zero-order valence-electron chi connectivity index (χ0n) is 5.56. The molecule has 0 aliphatic carbocycles. The average molecular weight is 340 g/mol. The summed E-state index contributed by atoms with van der Waals surface area (Å²) in [5, 5.41) is 0. The van der Waals surface area contributed by atoms with Gasteiger partial charge in [0, 0.05) is 31.1 Å². The number of ether oxygens (including phenoxy) is 1. The van der Waals surface area contributed by atoms with Gasteiger partial charge in [-0.1, -0.05) is 19.4 Å². The van der Waals surface area contributed by atoms with Crippen LogP contribution >= 0.6 is 0 Å². The van der Waals surface area contributed by atoms with E-state index in [0.717, 1.165) is 0 Å². The Labute approximate surface area is 74.5 Å². The standard InChI is InChI=1S/C5H12NO.U/c1-5(2,6)4-7-3;/h4H,6H2,1-3H3;/q-1;. The first-order chi connectivity index (χ1) is 3.06. The number of methoxy groups -OCH3 is 1. The predicted octanol–water partition coefficient (Wildman–Crippen LogP) is 0.532. The van der Waals surface area contributed by atoms with E-state index in [1.165, 1.54) is 0 Å². The van der Waals surface area contributed by atoms with Crippen molar-refractivity contribution in [3.63, 3.8) is 0 Å². The Morgan fingerprint density at radius 3 is 1.88 bits per heavy atom. The van der Waals surface area contributed by atoms with Crippen LogP contribution in [0.2, 0.25) is 0 Å². The summed E-state index contributed by atoms with van der Waals surface area (Å²) >= 11 is 0. The van der Waals surface area contributed by atoms with Crippen molar-refractivity contribution in [1.82, 2.24) is 0 Å². The fourth-order valence-corrected chi connectivity index (χ4v) is 0.304. The Morgan fingerprint density at radius 1 is 1.50 bits per heavy atom. The van der Waals surface area contributed by atoms with Gasteiger partial charge in [0.25, 0.3) is 0 Å². The van der Waals surface area contributed by atoms with Crippen LogP contribution in [0.15, 0.2) is 0 Å². The Bertz CT molecular complexity index is 50.9. The molecule has 0 amide bonds. The normalized spacial score (nSPS) is 10.5. The molecule has 0 aliphatic heterocycles. The summed E-state index contributed by atoms with van der Waals surface area (Å²) in [6.45, 7) is 5.33. The topological polar surface area (TPSA) is 35.2 Å². The summed E-state index contributed by atoms with van der Waals surface area (Å²) in [6, 6.07) is 0. The van der Waals surface area contributed by atoms with Crippen LogP contribution in [-0.2, 0) is 4.74 Å². The van der Waals surface area contributed by atoms with E-state index in [0.29, 0.717) is 0 Å². The molecule has 0 radical (unpaired) electrons. The smallest absolute Gasteiger partial charge is 0 e. The fraction of sp³-hybridized carbons (Fsp3) is 0.800. The van der Waals surface area contributed by atoms with E-state index in [-0.39, 0.29) is 36.7 Å². The summed E-state index contributed by atoms with van der Waals surface area (Å²) in [4.78, 5) is 0. The molecule has 0 spiro atoms. The van der Waals surface area contributed by atoms with Gasteiger partial charge in [-0.2, -0.15) is 6.61 Å². The van der Waals surface area contributed by atoms with Crippen molar-refractivity contribution < 1.29 is 35.9 Å². The zero-order valence-corrected chi connectivity index (χ0v) is 9.73. The molecule has 0 aromatic heterocycles. The van der Waals surface area contributed by atoms with Gasteiger partial charge in [0.1, 0.15) is 0 Å². The quantitative estimate of drug-likeness (QED) is 0.745. The molecule has 3 heteroatoms. The van der Waals surface area contributed by atoms with Gasteiger partial charge in [-0.05, 0) is 7.11 Å². The van der Waals surface area contributed by atoms with Gasteiger partial charge in [-0.15, -0.1) is 0 Å². The van der Waals surface area contributed by atoms with Gasteiger partial charge in [0.2, 0.25) is 0 Å². The van der Waals surface area contributed by atoms with Crippen LogP contribution in [0, 0.1) is 37.7 Å². The Kier molecular flexibility index (Phi) is 7.06. The molecule has 2 nitrogen and oxygen atoms in total. The predicted molar refractivity (Wildman–Crippen MR) is 29.6 cm³/mol. The molecule has 0 saturated heterocycles. The van der Waals surface area contributed by atoms with Crippen LogP contribution in [0.1, 0.15) is 13.8 Å². The Morgan fingerprint density at radius 2 is 1.88 bits per heavy atom. The molecule has 0 bridgehead atoms. The minimum Gasteiger partial charge on any atom is -0.553 e. The van der Waals surface area contributed by atoms with Crippen LogP contribution < -0.4 is 5.73 Å². The van der Waals surface area contributed by atoms with Crippen LogP contribution in [0.25, 0.3) is 0 Å². The maximum Gasteiger partial charge on any atom is 0 e. The van der Waals surface area contributed by atoms with Crippen molar-refractivity contribution in [3.8, 4) is 0 Å². The van der Waals surface area contributed by atoms with E-state index in [2.05, 4.69) is 4.74 Å². The van der Waals surface area contributed by atoms with Crippen molar-refractivity contribution in [1.29, 1.82) is 0 Å². The minimum atomic E-state index is -0.297. The zero-order chi connectivity index (χ0) is 5.91. The summed E-state index contributed by atoms with van der Waals surface area (Å²) in [7, 11) is 1.59. The van der Waals surface area contributed by atoms with Gasteiger partial charge in [0.05, 0.1) is 0 Å². The van der Waals surface area contributed by atoms with Gasteiger partial charge >= 0.3 is 0 Å². The monoisotopic (exact) mass is 340 g/mol. The van der Waals surface area contributed by atoms with Crippen molar-refractivity contribution in [2.45, 2.75) is 19.4 Å². The molecular formula is C5H12NOU-. The van der Waals surface area contributed by atoms with E-state index in [9.17, 15) is 0 Å². The first-order valence-corrected chi connectivity index (χ1v) is 2.22. The molecule has 0 unspecified atom stereocenters. The van der Waals surface area contributed by atoms with Gasteiger partial charge in [0.15, 0.2) is 0 Å². The van der Waals surface area contributed by atoms with Crippen molar-refractivity contribution in [2.75, 3.05) is 7.11 Å². The summed E-state index contributed by atoms with van der Waals surface area (Å²) in [5.41, 5.74) is 5.17. The molecule has 0 fully saturated rings. The van der Waals surface area contributed by atoms with E-state index in [1.54, 1.807) is 13.7 Å². The third kappa shape index (κ3) is 10.1. The van der Waals surface area contributed by atoms with Gasteiger partial charge in [-0.25, -0.2) is 0 Å². The maximum atomic E-state index is 5.47. The van der Waals surface area contributed by atoms with E-state index in [4.69, 9.17) is 5.73 Å². The van der Waals surface area contributed by atoms with Crippen LogP contribution in [0.4, 0.5) is 0 Å². The van der Waals surface area contributed by atoms with Crippen molar-refractivity contribution in [2.24, 2.45) is 5.73 Å². The second-order valence-corrected chi connectivity index (χ2v) is 2.17. The summed E-state index contributed by atoms with van der Waals surface area (Å²) in [5.74, 6) is 0. The molecular weight excluding hydrogens is 328 g/mol. The second kappa shape index (κ2) is 4.81. The largest absolute Gasteiger partial charge is 0.553 e. The molecule has 0 aliphatic rings. The van der Waals surface area contributed by atoms with Crippen LogP contribution in [-0.4, -0.2) is 12.6 Å². The SMILES string of the molecule is CO[CH-]C(C)(C)N.[U]. The molecule has 0 atom stereocenters. The van der Waals surface area contributed by atoms with Crippen molar-refractivity contribution in [3.05, 3.63) is 6.61 Å². The Hall–Kier alpha value is 0.972. The molecule has 0 saturated carbocycles. The molecule has 0 aromatic carbocycles. The van der Waals surface area contributed by atoms with Crippen LogP contribution in [0.5, 0.6) is 0 Å². The summed E-state index contributed by atoms with van der Waals surface area (Å²) < 4.78 is 4.66. The maximum absolute atomic E-state index is 5.47. The van der Waals surface area contributed by atoms with E-state index >= 15 is 0 Å². The first kappa shape index (κ1) is 11.7. The minimum absolute atomic E-state index is 0. The molecule has 8 heavy (non-hydrogen) atoms. The van der Waals surface area contributed by atoms with E-state index < -0.39 is 0 Å². The summed E-state index contributed by atoms with van der Waals surface area (Å²) in [6.07, 6.45) is 0.